The highest BCUT2D eigenvalue weighted by Gasteiger charge is 2.35. The van der Waals surface area contributed by atoms with E-state index in [9.17, 15) is 0 Å². The van der Waals surface area contributed by atoms with E-state index < -0.39 is 0 Å². The van der Waals surface area contributed by atoms with Crippen molar-refractivity contribution in [3.63, 3.8) is 0 Å². The molecule has 1 aliphatic carbocycles. The minimum absolute atomic E-state index is 0.0131. The Labute approximate surface area is 137 Å². The van der Waals surface area contributed by atoms with E-state index in [0.29, 0.717) is 0 Å². The maximum atomic E-state index is 6.02. The molecule has 0 spiro atoms. The molecule has 4 rings (SSSR count). The van der Waals surface area contributed by atoms with Crippen LogP contribution in [-0.2, 0) is 5.41 Å². The fraction of sp³-hybridized carbons (Fsp3) is 0.182. The van der Waals surface area contributed by atoms with Gasteiger partial charge in [0.25, 0.3) is 0 Å². The van der Waals surface area contributed by atoms with Gasteiger partial charge in [-0.2, -0.15) is 0 Å². The Morgan fingerprint density at radius 1 is 0.696 bits per heavy atom. The molecule has 1 heteroatoms. The summed E-state index contributed by atoms with van der Waals surface area (Å²) < 4.78 is 0. The van der Waals surface area contributed by atoms with Crippen molar-refractivity contribution in [3.8, 4) is 22.3 Å². The van der Waals surface area contributed by atoms with Gasteiger partial charge in [-0.05, 0) is 58.5 Å². The smallest absolute Gasteiger partial charge is 0.0317 e. The maximum absolute atomic E-state index is 6.02. The molecule has 0 aliphatic heterocycles. The number of rotatable bonds is 1. The van der Waals surface area contributed by atoms with Gasteiger partial charge in [0.1, 0.15) is 0 Å². The monoisotopic (exact) mass is 299 g/mol. The predicted molar refractivity (Wildman–Crippen MR) is 98.6 cm³/mol. The highest BCUT2D eigenvalue weighted by atomic mass is 14.5. The van der Waals surface area contributed by atoms with Crippen molar-refractivity contribution in [2.45, 2.75) is 26.2 Å². The molecule has 114 valence electrons. The Kier molecular flexibility index (Phi) is 2.89. The standard InChI is InChI=1S/C22H21N/c1-14-4-6-15(7-5-14)16-8-10-18-19-11-9-17(23)13-21(19)22(2,3)20(18)12-16/h4-13H,23H2,1-3H3. The van der Waals surface area contributed by atoms with Crippen molar-refractivity contribution in [1.29, 1.82) is 0 Å². The van der Waals surface area contributed by atoms with Gasteiger partial charge in [-0.15, -0.1) is 0 Å². The summed E-state index contributed by atoms with van der Waals surface area (Å²) in [6.45, 7) is 6.70. The van der Waals surface area contributed by atoms with Crippen LogP contribution in [0.4, 0.5) is 5.69 Å². The van der Waals surface area contributed by atoms with Crippen LogP contribution in [0.3, 0.4) is 0 Å². The number of nitrogen functional groups attached to an aromatic ring is 1. The summed E-state index contributed by atoms with van der Waals surface area (Å²) in [5.41, 5.74) is 16.0. The summed E-state index contributed by atoms with van der Waals surface area (Å²) in [5.74, 6) is 0. The zero-order valence-corrected chi connectivity index (χ0v) is 13.9. The van der Waals surface area contributed by atoms with Crippen LogP contribution < -0.4 is 5.73 Å². The van der Waals surface area contributed by atoms with E-state index in [0.717, 1.165) is 5.69 Å². The number of hydrogen-bond acceptors (Lipinski definition) is 1. The van der Waals surface area contributed by atoms with Gasteiger partial charge in [0.15, 0.2) is 0 Å². The molecule has 3 aromatic carbocycles. The first-order valence-corrected chi connectivity index (χ1v) is 8.09. The van der Waals surface area contributed by atoms with Crippen LogP contribution in [0.15, 0.2) is 60.7 Å². The minimum Gasteiger partial charge on any atom is -0.399 e. The average molecular weight is 299 g/mol. The lowest BCUT2D eigenvalue weighted by atomic mass is 9.81. The molecule has 0 radical (unpaired) electrons. The van der Waals surface area contributed by atoms with Crippen LogP contribution >= 0.6 is 0 Å². The molecule has 0 fully saturated rings. The molecule has 0 atom stereocenters. The van der Waals surface area contributed by atoms with E-state index >= 15 is 0 Å². The van der Waals surface area contributed by atoms with Gasteiger partial charge in [-0.25, -0.2) is 0 Å². The van der Waals surface area contributed by atoms with Crippen molar-refractivity contribution < 1.29 is 0 Å². The zero-order valence-electron chi connectivity index (χ0n) is 13.9. The van der Waals surface area contributed by atoms with Gasteiger partial charge in [0, 0.05) is 11.1 Å². The maximum Gasteiger partial charge on any atom is 0.0317 e. The van der Waals surface area contributed by atoms with Crippen molar-refractivity contribution in [2.75, 3.05) is 5.73 Å². The first-order valence-electron chi connectivity index (χ1n) is 8.09. The summed E-state index contributed by atoms with van der Waals surface area (Å²) in [5, 5.41) is 0. The van der Waals surface area contributed by atoms with Crippen LogP contribution in [0.1, 0.15) is 30.5 Å². The summed E-state index contributed by atoms with van der Waals surface area (Å²) in [6.07, 6.45) is 0. The normalized spacial score (nSPS) is 14.4. The third-order valence-corrected chi connectivity index (χ3v) is 5.08. The SMILES string of the molecule is Cc1ccc(-c2ccc3c(c2)C(C)(C)c2cc(N)ccc2-3)cc1. The van der Waals surface area contributed by atoms with E-state index in [1.807, 2.05) is 6.07 Å². The average Bonchev–Trinajstić information content (AvgIpc) is 2.76. The second kappa shape index (κ2) is 4.73. The van der Waals surface area contributed by atoms with Crippen molar-refractivity contribution in [2.24, 2.45) is 0 Å². The Bertz CT molecular complexity index is 902. The van der Waals surface area contributed by atoms with Crippen LogP contribution in [0, 0.1) is 6.92 Å². The van der Waals surface area contributed by atoms with Gasteiger partial charge < -0.3 is 5.73 Å². The molecule has 0 saturated carbocycles. The Morgan fingerprint density at radius 2 is 1.26 bits per heavy atom. The van der Waals surface area contributed by atoms with Crippen LogP contribution in [0.5, 0.6) is 0 Å². The van der Waals surface area contributed by atoms with Crippen molar-refractivity contribution >= 4 is 5.69 Å². The molecule has 1 nitrogen and oxygen atoms in total. The molecule has 0 unspecified atom stereocenters. The third-order valence-electron chi connectivity index (χ3n) is 5.08. The Balaban J connectivity index is 1.90. The summed E-state index contributed by atoms with van der Waals surface area (Å²) in [6, 6.07) is 21.8. The number of nitrogens with two attached hydrogens (primary N) is 1. The summed E-state index contributed by atoms with van der Waals surface area (Å²) >= 11 is 0. The summed E-state index contributed by atoms with van der Waals surface area (Å²) in [7, 11) is 0. The van der Waals surface area contributed by atoms with Gasteiger partial charge >= 0.3 is 0 Å². The molecule has 0 saturated heterocycles. The fourth-order valence-electron chi connectivity index (χ4n) is 3.68. The molecule has 2 N–H and O–H groups in total. The Hall–Kier alpha value is -2.54. The number of benzene rings is 3. The molecule has 1 aliphatic rings. The van der Waals surface area contributed by atoms with Gasteiger partial charge in [0.2, 0.25) is 0 Å². The van der Waals surface area contributed by atoms with Crippen LogP contribution in [0.25, 0.3) is 22.3 Å². The van der Waals surface area contributed by atoms with E-state index in [1.165, 1.54) is 38.9 Å². The zero-order chi connectivity index (χ0) is 16.2. The molecular formula is C22H21N. The highest BCUT2D eigenvalue weighted by molar-refractivity contribution is 5.84. The van der Waals surface area contributed by atoms with Crippen LogP contribution in [0.2, 0.25) is 0 Å². The summed E-state index contributed by atoms with van der Waals surface area (Å²) in [4.78, 5) is 0. The highest BCUT2D eigenvalue weighted by Crippen LogP contribution is 2.50. The third kappa shape index (κ3) is 2.08. The molecule has 0 aromatic heterocycles. The number of anilines is 1. The van der Waals surface area contributed by atoms with Crippen molar-refractivity contribution in [3.05, 3.63) is 77.4 Å². The lowest BCUT2D eigenvalue weighted by Crippen LogP contribution is -2.15. The Morgan fingerprint density at radius 3 is 1.96 bits per heavy atom. The largest absolute Gasteiger partial charge is 0.399 e. The minimum atomic E-state index is -0.0131. The fourth-order valence-corrected chi connectivity index (χ4v) is 3.68. The lowest BCUT2D eigenvalue weighted by molar-refractivity contribution is 0.661. The number of aryl methyl sites for hydroxylation is 1. The topological polar surface area (TPSA) is 26.0 Å². The van der Waals surface area contributed by atoms with E-state index in [-0.39, 0.29) is 5.41 Å². The first kappa shape index (κ1) is 14.1. The quantitative estimate of drug-likeness (QED) is 0.586. The predicted octanol–water partition coefficient (Wildman–Crippen LogP) is 5.55. The van der Waals surface area contributed by atoms with Gasteiger partial charge in [0.05, 0.1) is 0 Å². The lowest BCUT2D eigenvalue weighted by Gasteiger charge is -2.22. The number of fused-ring (bicyclic) bond motifs is 3. The van der Waals surface area contributed by atoms with Gasteiger partial charge in [-0.3, -0.25) is 0 Å². The van der Waals surface area contributed by atoms with E-state index in [1.54, 1.807) is 0 Å². The number of hydrogen-bond donors (Lipinski definition) is 1. The molecule has 0 heterocycles. The van der Waals surface area contributed by atoms with E-state index in [4.69, 9.17) is 5.73 Å². The molecule has 0 amide bonds. The molecule has 3 aromatic rings. The van der Waals surface area contributed by atoms with Crippen LogP contribution in [-0.4, -0.2) is 0 Å². The second-order valence-electron chi connectivity index (χ2n) is 7.06. The molecule has 0 bridgehead atoms. The molecular weight excluding hydrogens is 278 g/mol. The molecule has 23 heavy (non-hydrogen) atoms. The van der Waals surface area contributed by atoms with Gasteiger partial charge in [-0.1, -0.05) is 61.9 Å². The van der Waals surface area contributed by atoms with E-state index in [2.05, 4.69) is 75.4 Å². The first-order chi connectivity index (χ1) is 11.0. The second-order valence-corrected chi connectivity index (χ2v) is 7.06. The van der Waals surface area contributed by atoms with Crippen molar-refractivity contribution in [1.82, 2.24) is 0 Å².